The number of fused-ring (bicyclic) bond motifs is 1. The van der Waals surface area contributed by atoms with Crippen molar-refractivity contribution in [3.8, 4) is 11.4 Å². The number of benzene rings is 2. The van der Waals surface area contributed by atoms with Gasteiger partial charge in [-0.3, -0.25) is 0 Å². The van der Waals surface area contributed by atoms with Gasteiger partial charge in [0.05, 0.1) is 17.8 Å². The molecule has 0 atom stereocenters. The minimum absolute atomic E-state index is 0.531. The molecule has 0 fully saturated rings. The molecule has 0 saturated carbocycles. The lowest BCUT2D eigenvalue weighted by atomic mass is 10.2. The Balaban J connectivity index is 2.12. The monoisotopic (exact) mass is 351 g/mol. The van der Waals surface area contributed by atoms with Crippen molar-refractivity contribution in [3.63, 3.8) is 0 Å². The molecule has 20 heavy (non-hydrogen) atoms. The first kappa shape index (κ1) is 13.4. The Bertz CT molecular complexity index is 761. The molecule has 1 aromatic heterocycles. The third-order valence-electron chi connectivity index (χ3n) is 3.03. The highest BCUT2D eigenvalue weighted by Crippen LogP contribution is 2.27. The molecule has 1 heterocycles. The molecule has 0 aliphatic heterocycles. The average Bonchev–Trinajstić information content (AvgIpc) is 2.82. The quantitative estimate of drug-likeness (QED) is 0.695. The number of hydrogen-bond donors (Lipinski definition) is 0. The molecule has 4 nitrogen and oxygen atoms in total. The molecule has 0 bridgehead atoms. The van der Waals surface area contributed by atoms with Gasteiger partial charge in [0.25, 0.3) is 0 Å². The molecule has 0 aliphatic carbocycles. The van der Waals surface area contributed by atoms with E-state index < -0.39 is 0 Å². The van der Waals surface area contributed by atoms with Crippen LogP contribution in [0.15, 0.2) is 34.8 Å². The summed E-state index contributed by atoms with van der Waals surface area (Å²) >= 11 is 9.62. The van der Waals surface area contributed by atoms with Gasteiger partial charge < -0.3 is 4.74 Å². The van der Waals surface area contributed by atoms with Gasteiger partial charge >= 0.3 is 0 Å². The van der Waals surface area contributed by atoms with E-state index in [1.807, 2.05) is 25.1 Å². The highest BCUT2D eigenvalue weighted by molar-refractivity contribution is 9.10. The van der Waals surface area contributed by atoms with Gasteiger partial charge in [-0.15, -0.1) is 10.2 Å². The van der Waals surface area contributed by atoms with Crippen LogP contribution in [-0.2, 0) is 0 Å². The summed E-state index contributed by atoms with van der Waals surface area (Å²) in [6.45, 7) is 2.02. The molecular weight excluding hydrogens is 342 g/mol. The molecule has 0 radical (unpaired) electrons. The summed E-state index contributed by atoms with van der Waals surface area (Å²) in [7, 11) is 1.58. The Labute approximate surface area is 129 Å². The van der Waals surface area contributed by atoms with Gasteiger partial charge in [0.2, 0.25) is 0 Å². The van der Waals surface area contributed by atoms with E-state index in [0.717, 1.165) is 26.8 Å². The number of ether oxygens (including phenoxy) is 1. The van der Waals surface area contributed by atoms with Gasteiger partial charge in [-0.05, 0) is 42.8 Å². The third-order valence-corrected chi connectivity index (χ3v) is 4.18. The molecular formula is C14H11BrClN3O. The predicted molar refractivity (Wildman–Crippen MR) is 82.9 cm³/mol. The number of hydrogen-bond acceptors (Lipinski definition) is 3. The van der Waals surface area contributed by atoms with Crippen molar-refractivity contribution in [2.24, 2.45) is 0 Å². The van der Waals surface area contributed by atoms with E-state index >= 15 is 0 Å². The Kier molecular flexibility index (Phi) is 3.40. The average molecular weight is 353 g/mol. The first-order valence-electron chi connectivity index (χ1n) is 5.95. The molecule has 0 spiro atoms. The maximum atomic E-state index is 6.13. The minimum Gasteiger partial charge on any atom is -0.495 e. The topological polar surface area (TPSA) is 39.9 Å². The maximum absolute atomic E-state index is 6.13. The van der Waals surface area contributed by atoms with Crippen LogP contribution in [-0.4, -0.2) is 22.1 Å². The molecule has 0 unspecified atom stereocenters. The van der Waals surface area contributed by atoms with Crippen molar-refractivity contribution in [1.29, 1.82) is 0 Å². The van der Waals surface area contributed by atoms with Gasteiger partial charge in [0, 0.05) is 4.47 Å². The van der Waals surface area contributed by atoms with Crippen LogP contribution in [0, 0.1) is 6.92 Å². The normalized spacial score (nSPS) is 11.0. The fourth-order valence-corrected chi connectivity index (χ4v) is 2.52. The molecule has 0 saturated heterocycles. The Hall–Kier alpha value is -1.59. The van der Waals surface area contributed by atoms with Crippen LogP contribution < -0.4 is 4.74 Å². The van der Waals surface area contributed by atoms with Crippen molar-refractivity contribution >= 4 is 38.6 Å². The highest BCUT2D eigenvalue weighted by Gasteiger charge is 2.09. The van der Waals surface area contributed by atoms with Crippen LogP contribution in [0.3, 0.4) is 0 Å². The van der Waals surface area contributed by atoms with Gasteiger partial charge in [0.15, 0.2) is 0 Å². The standard InChI is InChI=1S/C14H11BrClN3O/c1-8-5-12-13(7-10(8)15)18-19(17-12)9-3-4-14(20-2)11(16)6-9/h3-7H,1-2H3. The van der Waals surface area contributed by atoms with Gasteiger partial charge in [-0.25, -0.2) is 0 Å². The van der Waals surface area contributed by atoms with Crippen LogP contribution in [0.5, 0.6) is 5.75 Å². The van der Waals surface area contributed by atoms with Gasteiger partial charge in [-0.1, -0.05) is 27.5 Å². The van der Waals surface area contributed by atoms with E-state index in [9.17, 15) is 0 Å². The zero-order valence-electron chi connectivity index (χ0n) is 10.9. The lowest BCUT2D eigenvalue weighted by Crippen LogP contribution is -1.98. The fourth-order valence-electron chi connectivity index (χ4n) is 1.94. The molecule has 2 aromatic carbocycles. The number of methoxy groups -OCH3 is 1. The lowest BCUT2D eigenvalue weighted by Gasteiger charge is -2.04. The molecule has 3 aromatic rings. The summed E-state index contributed by atoms with van der Waals surface area (Å²) < 4.78 is 6.16. The predicted octanol–water partition coefficient (Wildman–Crippen LogP) is 4.15. The number of halogens is 2. The van der Waals surface area contributed by atoms with E-state index in [1.54, 1.807) is 24.0 Å². The van der Waals surface area contributed by atoms with Crippen molar-refractivity contribution < 1.29 is 4.74 Å². The second-order valence-electron chi connectivity index (χ2n) is 4.40. The van der Waals surface area contributed by atoms with Crippen molar-refractivity contribution in [1.82, 2.24) is 15.0 Å². The largest absolute Gasteiger partial charge is 0.495 e. The van der Waals surface area contributed by atoms with E-state index in [2.05, 4.69) is 26.1 Å². The first-order valence-corrected chi connectivity index (χ1v) is 7.12. The zero-order valence-corrected chi connectivity index (χ0v) is 13.2. The van der Waals surface area contributed by atoms with Gasteiger partial charge in [-0.2, -0.15) is 4.80 Å². The van der Waals surface area contributed by atoms with Crippen LogP contribution in [0.25, 0.3) is 16.7 Å². The third kappa shape index (κ3) is 2.27. The SMILES string of the molecule is COc1ccc(-n2nc3cc(C)c(Br)cc3n2)cc1Cl. The van der Waals surface area contributed by atoms with Crippen LogP contribution in [0.2, 0.25) is 5.02 Å². The molecule has 6 heteroatoms. The summed E-state index contributed by atoms with van der Waals surface area (Å²) in [5.74, 6) is 0.630. The summed E-state index contributed by atoms with van der Waals surface area (Å²) in [4.78, 5) is 1.57. The Morgan fingerprint density at radius 3 is 2.50 bits per heavy atom. The number of rotatable bonds is 2. The smallest absolute Gasteiger partial charge is 0.137 e. The Morgan fingerprint density at radius 1 is 1.15 bits per heavy atom. The lowest BCUT2D eigenvalue weighted by molar-refractivity contribution is 0.415. The first-order chi connectivity index (χ1) is 9.58. The summed E-state index contributed by atoms with van der Waals surface area (Å²) in [5, 5.41) is 9.46. The molecule has 0 N–H and O–H groups in total. The molecule has 3 rings (SSSR count). The van der Waals surface area contributed by atoms with Gasteiger partial charge in [0.1, 0.15) is 16.8 Å². The van der Waals surface area contributed by atoms with Crippen LogP contribution >= 0.6 is 27.5 Å². The molecule has 102 valence electrons. The fraction of sp³-hybridized carbons (Fsp3) is 0.143. The van der Waals surface area contributed by atoms with E-state index in [4.69, 9.17) is 16.3 Å². The molecule has 0 aliphatic rings. The number of nitrogens with zero attached hydrogens (tertiary/aromatic N) is 3. The summed E-state index contributed by atoms with van der Waals surface area (Å²) in [6, 6.07) is 9.40. The van der Waals surface area contributed by atoms with E-state index in [0.29, 0.717) is 10.8 Å². The highest BCUT2D eigenvalue weighted by atomic mass is 79.9. The van der Waals surface area contributed by atoms with Crippen molar-refractivity contribution in [2.75, 3.05) is 7.11 Å². The van der Waals surface area contributed by atoms with E-state index in [1.165, 1.54) is 0 Å². The molecule has 0 amide bonds. The zero-order chi connectivity index (χ0) is 14.3. The number of aromatic nitrogens is 3. The van der Waals surface area contributed by atoms with E-state index in [-0.39, 0.29) is 0 Å². The summed E-state index contributed by atoms with van der Waals surface area (Å²) in [6.07, 6.45) is 0. The Morgan fingerprint density at radius 2 is 1.85 bits per heavy atom. The second-order valence-corrected chi connectivity index (χ2v) is 5.66. The maximum Gasteiger partial charge on any atom is 0.137 e. The number of aryl methyl sites for hydroxylation is 1. The summed E-state index contributed by atoms with van der Waals surface area (Å²) in [5.41, 5.74) is 3.59. The van der Waals surface area contributed by atoms with Crippen molar-refractivity contribution in [3.05, 3.63) is 45.4 Å². The van der Waals surface area contributed by atoms with Crippen molar-refractivity contribution in [2.45, 2.75) is 6.92 Å². The second kappa shape index (κ2) is 5.07. The van der Waals surface area contributed by atoms with Crippen LogP contribution in [0.4, 0.5) is 0 Å². The minimum atomic E-state index is 0.531. The van der Waals surface area contributed by atoms with Crippen LogP contribution in [0.1, 0.15) is 5.56 Å².